The number of anilines is 1. The lowest BCUT2D eigenvalue weighted by Gasteiger charge is -2.44. The number of carbonyl (C=O) groups is 2. The van der Waals surface area contributed by atoms with Crippen molar-refractivity contribution in [1.82, 2.24) is 10.2 Å². The molecular formula is C25H28ClN3O4. The van der Waals surface area contributed by atoms with Crippen molar-refractivity contribution in [1.29, 1.82) is 0 Å². The number of furan rings is 1. The van der Waals surface area contributed by atoms with Gasteiger partial charge in [0.05, 0.1) is 0 Å². The molecule has 0 unspecified atom stereocenters. The van der Waals surface area contributed by atoms with E-state index in [0.717, 1.165) is 49.0 Å². The van der Waals surface area contributed by atoms with Crippen LogP contribution >= 0.6 is 12.4 Å². The molecule has 3 saturated heterocycles. The Labute approximate surface area is 198 Å². The normalized spacial score (nSPS) is 21.4. The average molecular weight is 470 g/mol. The number of carbonyl (C=O) groups excluding carboxylic acids is 2. The summed E-state index contributed by atoms with van der Waals surface area (Å²) in [6.07, 6.45) is 2.28. The zero-order valence-corrected chi connectivity index (χ0v) is 19.3. The molecule has 6 rings (SSSR count). The van der Waals surface area contributed by atoms with Crippen molar-refractivity contribution in [3.8, 4) is 11.1 Å². The van der Waals surface area contributed by atoms with E-state index in [0.29, 0.717) is 22.9 Å². The molecule has 2 aromatic carbocycles. The SMILES string of the molecule is COCC(=O)Nc1ccccc1-c1cccc2cc(C(=O)N[C@H]3CN4CCC3CC4)oc12.Cl. The van der Waals surface area contributed by atoms with E-state index in [2.05, 4.69) is 15.5 Å². The molecular weight excluding hydrogens is 442 g/mol. The topological polar surface area (TPSA) is 83.8 Å². The molecule has 0 spiro atoms. The molecule has 174 valence electrons. The first-order chi connectivity index (χ1) is 15.6. The van der Waals surface area contributed by atoms with Gasteiger partial charge in [0.1, 0.15) is 12.2 Å². The summed E-state index contributed by atoms with van der Waals surface area (Å²) in [7, 11) is 1.48. The van der Waals surface area contributed by atoms with Crippen LogP contribution in [-0.4, -0.2) is 56.1 Å². The van der Waals surface area contributed by atoms with Gasteiger partial charge in [0.15, 0.2) is 5.76 Å². The van der Waals surface area contributed by atoms with Gasteiger partial charge in [-0.05, 0) is 44.0 Å². The van der Waals surface area contributed by atoms with E-state index in [1.54, 1.807) is 6.07 Å². The van der Waals surface area contributed by atoms with Crippen LogP contribution in [0.15, 0.2) is 52.9 Å². The smallest absolute Gasteiger partial charge is 0.287 e. The van der Waals surface area contributed by atoms with Crippen LogP contribution in [0, 0.1) is 5.92 Å². The molecule has 7 nitrogen and oxygen atoms in total. The van der Waals surface area contributed by atoms with Crippen LogP contribution in [0.1, 0.15) is 23.4 Å². The molecule has 3 aromatic rings. The monoisotopic (exact) mass is 469 g/mol. The minimum absolute atomic E-state index is 0. The molecule has 0 radical (unpaired) electrons. The third-order valence-corrected chi connectivity index (χ3v) is 6.51. The van der Waals surface area contributed by atoms with Crippen LogP contribution in [0.5, 0.6) is 0 Å². The highest BCUT2D eigenvalue weighted by molar-refractivity contribution is 6.03. The highest BCUT2D eigenvalue weighted by Crippen LogP contribution is 2.35. The number of hydrogen-bond acceptors (Lipinski definition) is 5. The standard InChI is InChI=1S/C25H27N3O4.ClH/c1-31-15-23(29)26-20-8-3-2-6-18(20)19-7-4-5-17-13-22(32-24(17)19)25(30)27-21-14-28-11-9-16(21)10-12-28;/h2-8,13,16,21H,9-12,14-15H2,1H3,(H,26,29)(H,27,30);1H/t21-;/m0./s1. The van der Waals surface area contributed by atoms with Crippen molar-refractivity contribution in [3.63, 3.8) is 0 Å². The van der Waals surface area contributed by atoms with Crippen molar-refractivity contribution in [2.45, 2.75) is 18.9 Å². The molecule has 1 atom stereocenters. The molecule has 2 bridgehead atoms. The van der Waals surface area contributed by atoms with E-state index in [9.17, 15) is 9.59 Å². The molecule has 2 amide bonds. The Kier molecular flexibility index (Phi) is 7.02. The number of halogens is 1. The second-order valence-corrected chi connectivity index (χ2v) is 8.58. The summed E-state index contributed by atoms with van der Waals surface area (Å²) in [4.78, 5) is 27.5. The van der Waals surface area contributed by atoms with Crippen molar-refractivity contribution in [3.05, 3.63) is 54.3 Å². The molecule has 33 heavy (non-hydrogen) atoms. The number of methoxy groups -OCH3 is 1. The summed E-state index contributed by atoms with van der Waals surface area (Å²) in [5, 5.41) is 6.92. The number of hydrogen-bond donors (Lipinski definition) is 2. The molecule has 4 heterocycles. The van der Waals surface area contributed by atoms with Crippen LogP contribution in [0.3, 0.4) is 0 Å². The third kappa shape index (κ3) is 4.76. The van der Waals surface area contributed by atoms with E-state index in [-0.39, 0.29) is 36.9 Å². The Morgan fingerprint density at radius 2 is 1.85 bits per heavy atom. The number of nitrogens with zero attached hydrogens (tertiary/aromatic N) is 1. The van der Waals surface area contributed by atoms with E-state index >= 15 is 0 Å². The van der Waals surface area contributed by atoms with Gasteiger partial charge in [0.2, 0.25) is 5.91 Å². The zero-order chi connectivity index (χ0) is 22.1. The maximum Gasteiger partial charge on any atom is 0.287 e. The second-order valence-electron chi connectivity index (χ2n) is 8.58. The number of fused-ring (bicyclic) bond motifs is 4. The number of rotatable bonds is 6. The van der Waals surface area contributed by atoms with E-state index in [1.807, 2.05) is 42.5 Å². The van der Waals surface area contributed by atoms with Gasteiger partial charge in [0, 0.05) is 41.9 Å². The van der Waals surface area contributed by atoms with Crippen LogP contribution in [0.2, 0.25) is 0 Å². The molecule has 1 aromatic heterocycles. The number of ether oxygens (including phenoxy) is 1. The first-order valence-corrected chi connectivity index (χ1v) is 11.1. The minimum atomic E-state index is -0.232. The summed E-state index contributed by atoms with van der Waals surface area (Å²) >= 11 is 0. The number of piperidine rings is 3. The quantitative estimate of drug-likeness (QED) is 0.571. The Morgan fingerprint density at radius 3 is 2.58 bits per heavy atom. The molecule has 3 aliphatic heterocycles. The van der Waals surface area contributed by atoms with Crippen LogP contribution in [0.25, 0.3) is 22.1 Å². The second kappa shape index (κ2) is 9.95. The molecule has 2 N–H and O–H groups in total. The Hall–Kier alpha value is -2.87. The van der Waals surface area contributed by atoms with Gasteiger partial charge >= 0.3 is 0 Å². The predicted octanol–water partition coefficient (Wildman–Crippen LogP) is 3.93. The van der Waals surface area contributed by atoms with Crippen molar-refractivity contribution < 1.29 is 18.7 Å². The van der Waals surface area contributed by atoms with Gasteiger partial charge in [-0.3, -0.25) is 9.59 Å². The molecule has 3 fully saturated rings. The number of para-hydroxylation sites is 2. The van der Waals surface area contributed by atoms with E-state index in [4.69, 9.17) is 9.15 Å². The number of benzene rings is 2. The Bertz CT molecular complexity index is 1150. The average Bonchev–Trinajstić information content (AvgIpc) is 3.25. The minimum Gasteiger partial charge on any atom is -0.450 e. The number of nitrogens with one attached hydrogen (secondary N) is 2. The predicted molar refractivity (Wildman–Crippen MR) is 130 cm³/mol. The van der Waals surface area contributed by atoms with E-state index in [1.165, 1.54) is 7.11 Å². The first-order valence-electron chi connectivity index (χ1n) is 11.1. The van der Waals surface area contributed by atoms with Gasteiger partial charge in [0.25, 0.3) is 5.91 Å². The lowest BCUT2D eigenvalue weighted by Crippen LogP contribution is -2.57. The van der Waals surface area contributed by atoms with Gasteiger partial charge in [-0.15, -0.1) is 12.4 Å². The highest BCUT2D eigenvalue weighted by atomic mass is 35.5. The maximum atomic E-state index is 13.0. The Balaban J connectivity index is 0.00000259. The van der Waals surface area contributed by atoms with Gasteiger partial charge < -0.3 is 24.7 Å². The highest BCUT2D eigenvalue weighted by Gasteiger charge is 2.35. The summed E-state index contributed by atoms with van der Waals surface area (Å²) < 4.78 is 11.0. The van der Waals surface area contributed by atoms with E-state index < -0.39 is 0 Å². The summed E-state index contributed by atoms with van der Waals surface area (Å²) in [6.45, 7) is 3.15. The lowest BCUT2D eigenvalue weighted by molar-refractivity contribution is -0.119. The fourth-order valence-corrected chi connectivity index (χ4v) is 4.90. The lowest BCUT2D eigenvalue weighted by atomic mass is 9.84. The maximum absolute atomic E-state index is 13.0. The van der Waals surface area contributed by atoms with Crippen molar-refractivity contribution in [2.24, 2.45) is 5.92 Å². The molecule has 0 saturated carbocycles. The molecule has 0 aliphatic carbocycles. The molecule has 8 heteroatoms. The molecule has 3 aliphatic rings. The van der Waals surface area contributed by atoms with Crippen LogP contribution in [0.4, 0.5) is 5.69 Å². The third-order valence-electron chi connectivity index (χ3n) is 6.51. The Morgan fingerprint density at radius 1 is 1.09 bits per heavy atom. The summed E-state index contributed by atoms with van der Waals surface area (Å²) in [5.41, 5.74) is 2.93. The number of amides is 2. The van der Waals surface area contributed by atoms with Gasteiger partial charge in [-0.2, -0.15) is 0 Å². The fourth-order valence-electron chi connectivity index (χ4n) is 4.90. The van der Waals surface area contributed by atoms with Crippen LogP contribution in [-0.2, 0) is 9.53 Å². The van der Waals surface area contributed by atoms with Gasteiger partial charge in [-0.25, -0.2) is 0 Å². The largest absolute Gasteiger partial charge is 0.450 e. The zero-order valence-electron chi connectivity index (χ0n) is 18.5. The fraction of sp³-hybridized carbons (Fsp3) is 0.360. The van der Waals surface area contributed by atoms with Crippen LogP contribution < -0.4 is 10.6 Å². The first kappa shape index (κ1) is 23.3. The van der Waals surface area contributed by atoms with Crippen molar-refractivity contribution >= 4 is 40.9 Å². The summed E-state index contributed by atoms with van der Waals surface area (Å²) in [6, 6.07) is 15.3. The summed E-state index contributed by atoms with van der Waals surface area (Å²) in [5.74, 6) is 0.452. The van der Waals surface area contributed by atoms with Gasteiger partial charge in [-0.1, -0.05) is 36.4 Å². The van der Waals surface area contributed by atoms with Crippen molar-refractivity contribution in [2.75, 3.05) is 38.7 Å².